The summed E-state index contributed by atoms with van der Waals surface area (Å²) in [7, 11) is 0. The highest BCUT2D eigenvalue weighted by molar-refractivity contribution is 5.97. The fraction of sp³-hybridized carbons (Fsp3) is 0.514. The minimum Gasteiger partial charge on any atom is -0.506 e. The zero-order valence-corrected chi connectivity index (χ0v) is 26.7. The molecular formula is C35H48N4O5. The zero-order chi connectivity index (χ0) is 31.5. The van der Waals surface area contributed by atoms with Crippen LogP contribution in [-0.2, 0) is 27.2 Å². The summed E-state index contributed by atoms with van der Waals surface area (Å²) in [5.74, 6) is 0.453. The lowest BCUT2D eigenvalue weighted by Crippen LogP contribution is -2.39. The van der Waals surface area contributed by atoms with Gasteiger partial charge in [-0.2, -0.15) is 5.10 Å². The summed E-state index contributed by atoms with van der Waals surface area (Å²) in [6.45, 7) is 10.2. The van der Waals surface area contributed by atoms with Gasteiger partial charge in [-0.3, -0.25) is 14.3 Å². The first kappa shape index (κ1) is 33.1. The number of aromatic nitrogens is 2. The number of amides is 2. The summed E-state index contributed by atoms with van der Waals surface area (Å²) < 4.78 is 13.5. The number of ether oxygens (including phenoxy) is 2. The van der Waals surface area contributed by atoms with E-state index in [1.54, 1.807) is 6.07 Å². The van der Waals surface area contributed by atoms with Crippen LogP contribution in [-0.4, -0.2) is 64.0 Å². The quantitative estimate of drug-likeness (QED) is 0.134. The molecule has 2 aromatic carbocycles. The first-order valence-electron chi connectivity index (χ1n) is 16.0. The second-order valence-corrected chi connectivity index (χ2v) is 11.9. The summed E-state index contributed by atoms with van der Waals surface area (Å²) in [6.07, 6.45) is 10.7. The van der Waals surface area contributed by atoms with Gasteiger partial charge < -0.3 is 24.8 Å². The van der Waals surface area contributed by atoms with E-state index < -0.39 is 0 Å². The molecule has 0 aliphatic carbocycles. The summed E-state index contributed by atoms with van der Waals surface area (Å²) in [6, 6.07) is 12.4. The van der Waals surface area contributed by atoms with Crippen molar-refractivity contribution >= 4 is 17.5 Å². The van der Waals surface area contributed by atoms with Crippen LogP contribution in [0.4, 0.5) is 5.69 Å². The Bertz CT molecular complexity index is 1390. The largest absolute Gasteiger partial charge is 0.506 e. The second-order valence-electron chi connectivity index (χ2n) is 11.9. The van der Waals surface area contributed by atoms with Gasteiger partial charge >= 0.3 is 0 Å². The number of rotatable bonds is 17. The summed E-state index contributed by atoms with van der Waals surface area (Å²) in [5, 5.41) is 17.2. The molecule has 0 saturated heterocycles. The SMILES string of the molecule is CCC[C@@H](C)N(CCCCCc1ccc(O)c2c1OCC(=O)N2)C(=O)CCOCCc1cccc(-c2cnn(C(C)C)c2)c1. The van der Waals surface area contributed by atoms with Gasteiger partial charge in [-0.25, -0.2) is 0 Å². The predicted molar refractivity (Wildman–Crippen MR) is 173 cm³/mol. The second kappa shape index (κ2) is 16.3. The molecular weight excluding hydrogens is 556 g/mol. The van der Waals surface area contributed by atoms with Gasteiger partial charge in [0.15, 0.2) is 12.4 Å². The third-order valence-electron chi connectivity index (χ3n) is 8.12. The van der Waals surface area contributed by atoms with Gasteiger partial charge in [0, 0.05) is 30.4 Å². The zero-order valence-electron chi connectivity index (χ0n) is 26.7. The van der Waals surface area contributed by atoms with Crippen molar-refractivity contribution in [3.63, 3.8) is 0 Å². The molecule has 0 fully saturated rings. The molecule has 0 saturated carbocycles. The van der Waals surface area contributed by atoms with E-state index in [-0.39, 0.29) is 30.2 Å². The smallest absolute Gasteiger partial charge is 0.262 e. The number of benzene rings is 2. The Labute approximate surface area is 261 Å². The molecule has 238 valence electrons. The van der Waals surface area contributed by atoms with E-state index in [0.717, 1.165) is 68.2 Å². The summed E-state index contributed by atoms with van der Waals surface area (Å²) >= 11 is 0. The minimum atomic E-state index is -0.266. The number of phenolic OH excluding ortho intramolecular Hbond substituents is 1. The van der Waals surface area contributed by atoms with Crippen LogP contribution in [0.5, 0.6) is 11.5 Å². The molecule has 1 aromatic heterocycles. The Morgan fingerprint density at radius 1 is 1.11 bits per heavy atom. The third-order valence-corrected chi connectivity index (χ3v) is 8.12. The van der Waals surface area contributed by atoms with Gasteiger partial charge in [0.25, 0.3) is 5.91 Å². The fourth-order valence-electron chi connectivity index (χ4n) is 5.62. The number of phenols is 1. The molecule has 0 bridgehead atoms. The number of fused-ring (bicyclic) bond motifs is 1. The van der Waals surface area contributed by atoms with Crippen LogP contribution >= 0.6 is 0 Å². The van der Waals surface area contributed by atoms with E-state index in [0.29, 0.717) is 37.1 Å². The molecule has 1 atom stereocenters. The van der Waals surface area contributed by atoms with Crippen molar-refractivity contribution < 1.29 is 24.2 Å². The molecule has 1 aliphatic rings. The van der Waals surface area contributed by atoms with E-state index >= 15 is 0 Å². The van der Waals surface area contributed by atoms with E-state index in [1.165, 1.54) is 5.56 Å². The highest BCUT2D eigenvalue weighted by atomic mass is 16.5. The topological polar surface area (TPSA) is 106 Å². The number of aromatic hydroxyl groups is 1. The number of anilines is 1. The van der Waals surface area contributed by atoms with E-state index in [9.17, 15) is 14.7 Å². The Kier molecular flexibility index (Phi) is 12.2. The van der Waals surface area contributed by atoms with Crippen molar-refractivity contribution in [1.82, 2.24) is 14.7 Å². The number of nitrogens with zero attached hydrogens (tertiary/aromatic N) is 3. The lowest BCUT2D eigenvalue weighted by atomic mass is 10.0. The first-order chi connectivity index (χ1) is 21.3. The minimum absolute atomic E-state index is 0.0139. The maximum Gasteiger partial charge on any atom is 0.262 e. The van der Waals surface area contributed by atoms with Crippen LogP contribution in [0.3, 0.4) is 0 Å². The van der Waals surface area contributed by atoms with Gasteiger partial charge in [-0.1, -0.05) is 50.1 Å². The van der Waals surface area contributed by atoms with Crippen LogP contribution in [0.1, 0.15) is 83.4 Å². The average Bonchev–Trinajstić information content (AvgIpc) is 3.51. The standard InChI is InChI=1S/C35H48N4O5/c1-5-10-26(4)38(18-8-6-7-12-28-14-15-31(40)34-35(28)44-24-32(41)37-34)33(42)17-20-43-19-16-27-11-9-13-29(21-27)30-22-36-39(23-30)25(2)3/h9,11,13-15,21-23,25-26,40H,5-8,10,12,16-20,24H2,1-4H3,(H,37,41)/t26-/m1/s1. The molecule has 44 heavy (non-hydrogen) atoms. The number of hydrogen-bond acceptors (Lipinski definition) is 6. The lowest BCUT2D eigenvalue weighted by molar-refractivity contribution is -0.134. The summed E-state index contributed by atoms with van der Waals surface area (Å²) in [5.41, 5.74) is 4.78. The fourth-order valence-corrected chi connectivity index (χ4v) is 5.62. The van der Waals surface area contributed by atoms with Crippen LogP contribution in [0.25, 0.3) is 11.1 Å². The highest BCUT2D eigenvalue weighted by Gasteiger charge is 2.23. The molecule has 1 aliphatic heterocycles. The molecule has 9 nitrogen and oxygen atoms in total. The maximum absolute atomic E-state index is 13.2. The van der Waals surface area contributed by atoms with Gasteiger partial charge in [0.2, 0.25) is 5.91 Å². The molecule has 9 heteroatoms. The molecule has 0 radical (unpaired) electrons. The van der Waals surface area contributed by atoms with Crippen LogP contribution in [0, 0.1) is 0 Å². The monoisotopic (exact) mass is 604 g/mol. The van der Waals surface area contributed by atoms with Crippen molar-refractivity contribution in [3.8, 4) is 22.6 Å². The number of carbonyl (C=O) groups is 2. The average molecular weight is 605 g/mol. The van der Waals surface area contributed by atoms with Gasteiger partial charge in [0.05, 0.1) is 25.8 Å². The van der Waals surface area contributed by atoms with Gasteiger partial charge in [-0.05, 0) is 75.6 Å². The Balaban J connectivity index is 1.19. The predicted octanol–water partition coefficient (Wildman–Crippen LogP) is 6.55. The number of nitrogens with one attached hydrogen (secondary N) is 1. The molecule has 2 amide bonds. The molecule has 0 spiro atoms. The van der Waals surface area contributed by atoms with Gasteiger partial charge in [0.1, 0.15) is 11.4 Å². The molecule has 0 unspecified atom stereocenters. The number of unbranched alkanes of at least 4 members (excludes halogenated alkanes) is 2. The van der Waals surface area contributed by atoms with Crippen molar-refractivity contribution in [2.45, 2.75) is 91.1 Å². The van der Waals surface area contributed by atoms with E-state index in [2.05, 4.69) is 68.6 Å². The van der Waals surface area contributed by atoms with Crippen molar-refractivity contribution in [3.05, 3.63) is 59.9 Å². The first-order valence-corrected chi connectivity index (χ1v) is 16.0. The van der Waals surface area contributed by atoms with Crippen molar-refractivity contribution in [2.24, 2.45) is 0 Å². The highest BCUT2D eigenvalue weighted by Crippen LogP contribution is 2.39. The molecule has 3 aromatic rings. The Hall–Kier alpha value is -3.85. The maximum atomic E-state index is 13.2. The van der Waals surface area contributed by atoms with Crippen molar-refractivity contribution in [2.75, 3.05) is 31.7 Å². The Morgan fingerprint density at radius 2 is 1.95 bits per heavy atom. The number of hydrogen-bond donors (Lipinski definition) is 2. The molecule has 2 heterocycles. The van der Waals surface area contributed by atoms with Crippen molar-refractivity contribution in [1.29, 1.82) is 0 Å². The molecule has 4 rings (SSSR count). The lowest BCUT2D eigenvalue weighted by Gasteiger charge is -2.29. The van der Waals surface area contributed by atoms with Gasteiger partial charge in [-0.15, -0.1) is 0 Å². The Morgan fingerprint density at radius 3 is 2.73 bits per heavy atom. The van der Waals surface area contributed by atoms with Crippen LogP contribution in [0.2, 0.25) is 0 Å². The number of carbonyl (C=O) groups excluding carboxylic acids is 2. The normalized spacial score (nSPS) is 13.3. The summed E-state index contributed by atoms with van der Waals surface area (Å²) in [4.78, 5) is 26.9. The third kappa shape index (κ3) is 9.08. The van der Waals surface area contributed by atoms with Crippen LogP contribution < -0.4 is 10.1 Å². The van der Waals surface area contributed by atoms with E-state index in [1.807, 2.05) is 21.8 Å². The molecule has 2 N–H and O–H groups in total. The number of aryl methyl sites for hydroxylation is 1. The van der Waals surface area contributed by atoms with Crippen LogP contribution in [0.15, 0.2) is 48.8 Å². The van der Waals surface area contributed by atoms with E-state index in [4.69, 9.17) is 9.47 Å².